The summed E-state index contributed by atoms with van der Waals surface area (Å²) in [7, 11) is 1.66. The third-order valence-corrected chi connectivity index (χ3v) is 6.17. The van der Waals surface area contributed by atoms with Crippen molar-refractivity contribution in [3.05, 3.63) is 12.2 Å². The lowest BCUT2D eigenvalue weighted by atomic mass is 10.0. The van der Waals surface area contributed by atoms with Crippen LogP contribution in [0.1, 0.15) is 12.8 Å². The van der Waals surface area contributed by atoms with Crippen molar-refractivity contribution in [2.24, 2.45) is 5.92 Å². The first kappa shape index (κ1) is 8.51. The van der Waals surface area contributed by atoms with Gasteiger partial charge in [0.1, 0.15) is 0 Å². The second-order valence-electron chi connectivity index (χ2n) is 4.36. The summed E-state index contributed by atoms with van der Waals surface area (Å²) in [6.07, 6.45) is 8.03. The molecule has 0 heterocycles. The highest BCUT2D eigenvalue weighted by Gasteiger charge is 2.48. The first-order valence-electron chi connectivity index (χ1n) is 4.71. The third kappa shape index (κ3) is 1.01. The lowest BCUT2D eigenvalue weighted by Gasteiger charge is -2.28. The van der Waals surface area contributed by atoms with Crippen LogP contribution in [-0.2, 0) is 4.74 Å². The monoisotopic (exact) mass is 181 g/mol. The summed E-state index contributed by atoms with van der Waals surface area (Å²) in [5, 5.41) is 0.579. The summed E-state index contributed by atoms with van der Waals surface area (Å²) in [5.74, 6) is 0.731. The fraction of sp³-hybridized carbons (Fsp3) is 0.800. The van der Waals surface area contributed by atoms with Crippen LogP contribution in [0.25, 0.3) is 0 Å². The van der Waals surface area contributed by atoms with E-state index in [9.17, 15) is 0 Å². The molecule has 2 rings (SSSR count). The van der Waals surface area contributed by atoms with Crippen molar-refractivity contribution in [1.82, 2.24) is 0 Å². The van der Waals surface area contributed by atoms with E-state index in [2.05, 4.69) is 25.2 Å². The Hall–Kier alpha value is -0.0831. The number of ether oxygens (including phenoxy) is 1. The number of rotatable bonds is 2. The minimum atomic E-state index is -0.190. The summed E-state index contributed by atoms with van der Waals surface area (Å²) in [6.45, 7) is 4.85. The first-order valence-corrected chi connectivity index (χ1v) is 7.21. The molecule has 1 fully saturated rings. The Bertz CT molecular complexity index is 212. The SMILES string of the molecule is COC1CC2([Si](C)C)C=CC1C2. The highest BCUT2D eigenvalue weighted by molar-refractivity contribution is 6.60. The van der Waals surface area contributed by atoms with E-state index in [1.54, 1.807) is 0 Å². The van der Waals surface area contributed by atoms with Gasteiger partial charge in [0.2, 0.25) is 0 Å². The molecule has 2 heteroatoms. The maximum atomic E-state index is 5.49. The molecule has 1 saturated carbocycles. The fourth-order valence-corrected chi connectivity index (χ4v) is 4.30. The van der Waals surface area contributed by atoms with E-state index in [1.807, 2.05) is 7.11 Å². The van der Waals surface area contributed by atoms with Crippen LogP contribution in [0.2, 0.25) is 18.1 Å². The van der Waals surface area contributed by atoms with Gasteiger partial charge in [0.15, 0.2) is 0 Å². The van der Waals surface area contributed by atoms with E-state index in [0.29, 0.717) is 11.1 Å². The molecule has 0 amide bonds. The van der Waals surface area contributed by atoms with E-state index in [4.69, 9.17) is 4.74 Å². The summed E-state index contributed by atoms with van der Waals surface area (Å²) in [4.78, 5) is 0. The molecular weight excluding hydrogens is 164 g/mol. The van der Waals surface area contributed by atoms with Crippen molar-refractivity contribution in [2.75, 3.05) is 7.11 Å². The second kappa shape index (κ2) is 2.71. The van der Waals surface area contributed by atoms with E-state index in [0.717, 1.165) is 5.92 Å². The smallest absolute Gasteiger partial charge is 0.0639 e. The van der Waals surface area contributed by atoms with Gasteiger partial charge in [-0.1, -0.05) is 25.2 Å². The van der Waals surface area contributed by atoms with E-state index >= 15 is 0 Å². The molecule has 0 N–H and O–H groups in total. The molecule has 0 aromatic carbocycles. The maximum Gasteiger partial charge on any atom is 0.0639 e. The zero-order valence-corrected chi connectivity index (χ0v) is 9.13. The molecule has 2 aliphatic carbocycles. The predicted octanol–water partition coefficient (Wildman–Crippen LogP) is 2.48. The fourth-order valence-electron chi connectivity index (χ4n) is 2.61. The average molecular weight is 181 g/mol. The van der Waals surface area contributed by atoms with E-state index in [1.165, 1.54) is 12.8 Å². The van der Waals surface area contributed by atoms with Gasteiger partial charge in [0.05, 0.1) is 14.9 Å². The van der Waals surface area contributed by atoms with Crippen LogP contribution in [0.3, 0.4) is 0 Å². The summed E-state index contributed by atoms with van der Waals surface area (Å²) in [5.41, 5.74) is 0. The Kier molecular flexibility index (Phi) is 1.92. The lowest BCUT2D eigenvalue weighted by molar-refractivity contribution is 0.0828. The van der Waals surface area contributed by atoms with Gasteiger partial charge < -0.3 is 4.74 Å². The first-order chi connectivity index (χ1) is 5.68. The van der Waals surface area contributed by atoms with E-state index < -0.39 is 0 Å². The molecule has 3 unspecified atom stereocenters. The molecule has 0 aliphatic heterocycles. The van der Waals surface area contributed by atoms with Crippen LogP contribution < -0.4 is 0 Å². The minimum absolute atomic E-state index is 0.190. The maximum absolute atomic E-state index is 5.49. The van der Waals surface area contributed by atoms with Crippen molar-refractivity contribution in [1.29, 1.82) is 0 Å². The van der Waals surface area contributed by atoms with Gasteiger partial charge in [-0.05, 0) is 17.9 Å². The molecule has 67 valence electrons. The van der Waals surface area contributed by atoms with Gasteiger partial charge in [-0.15, -0.1) is 0 Å². The highest BCUT2D eigenvalue weighted by atomic mass is 28.3. The molecule has 0 saturated heterocycles. The van der Waals surface area contributed by atoms with Crippen molar-refractivity contribution >= 4 is 8.80 Å². The Morgan fingerprint density at radius 2 is 2.17 bits per heavy atom. The zero-order chi connectivity index (χ0) is 8.77. The zero-order valence-electron chi connectivity index (χ0n) is 8.13. The topological polar surface area (TPSA) is 9.23 Å². The van der Waals surface area contributed by atoms with Crippen molar-refractivity contribution in [3.8, 4) is 0 Å². The molecule has 2 bridgehead atoms. The predicted molar refractivity (Wildman–Crippen MR) is 52.8 cm³/mol. The molecule has 0 spiro atoms. The van der Waals surface area contributed by atoms with Crippen LogP contribution >= 0.6 is 0 Å². The van der Waals surface area contributed by atoms with Crippen LogP contribution in [0.5, 0.6) is 0 Å². The summed E-state index contributed by atoms with van der Waals surface area (Å²) in [6, 6.07) is 0. The van der Waals surface area contributed by atoms with Gasteiger partial charge in [-0.25, -0.2) is 0 Å². The quantitative estimate of drug-likeness (QED) is 0.470. The van der Waals surface area contributed by atoms with Crippen LogP contribution in [0.15, 0.2) is 12.2 Å². The third-order valence-electron chi connectivity index (χ3n) is 3.60. The summed E-state index contributed by atoms with van der Waals surface area (Å²) < 4.78 is 5.49. The largest absolute Gasteiger partial charge is 0.381 e. The van der Waals surface area contributed by atoms with Crippen molar-refractivity contribution in [2.45, 2.75) is 37.1 Å². The molecule has 0 aromatic heterocycles. The van der Waals surface area contributed by atoms with Gasteiger partial charge in [-0.2, -0.15) is 0 Å². The molecule has 12 heavy (non-hydrogen) atoms. The van der Waals surface area contributed by atoms with Crippen molar-refractivity contribution < 1.29 is 4.74 Å². The van der Waals surface area contributed by atoms with Gasteiger partial charge >= 0.3 is 0 Å². The lowest BCUT2D eigenvalue weighted by Crippen LogP contribution is -2.24. The van der Waals surface area contributed by atoms with Gasteiger partial charge in [0.25, 0.3) is 0 Å². The Morgan fingerprint density at radius 1 is 1.42 bits per heavy atom. The Labute approximate surface area is 76.4 Å². The van der Waals surface area contributed by atoms with Crippen LogP contribution in [0, 0.1) is 5.92 Å². The average Bonchev–Trinajstić information content (AvgIpc) is 2.61. The Balaban J connectivity index is 2.19. The second-order valence-corrected chi connectivity index (χ2v) is 7.36. The van der Waals surface area contributed by atoms with E-state index in [-0.39, 0.29) is 8.80 Å². The molecule has 1 radical (unpaired) electrons. The number of methoxy groups -OCH3 is 1. The molecule has 0 aromatic rings. The number of hydrogen-bond donors (Lipinski definition) is 0. The molecule has 3 atom stereocenters. The normalized spacial score (nSPS) is 44.7. The minimum Gasteiger partial charge on any atom is -0.381 e. The van der Waals surface area contributed by atoms with Crippen molar-refractivity contribution in [3.63, 3.8) is 0 Å². The highest BCUT2D eigenvalue weighted by Crippen LogP contribution is 2.57. The molecular formula is C10H17OSi. The van der Waals surface area contributed by atoms with Crippen LogP contribution in [-0.4, -0.2) is 22.0 Å². The molecule has 1 nitrogen and oxygen atoms in total. The number of hydrogen-bond acceptors (Lipinski definition) is 1. The number of allylic oxidation sites excluding steroid dienone is 1. The van der Waals surface area contributed by atoms with Gasteiger partial charge in [0, 0.05) is 13.0 Å². The standard InChI is InChI=1S/C10H17OSi/c1-11-9-7-10(12(2)3)5-4-8(9)6-10/h4-5,8-9H,6-7H2,1-3H3. The number of fused-ring (bicyclic) bond motifs is 2. The van der Waals surface area contributed by atoms with Crippen LogP contribution in [0.4, 0.5) is 0 Å². The Morgan fingerprint density at radius 3 is 2.58 bits per heavy atom. The summed E-state index contributed by atoms with van der Waals surface area (Å²) >= 11 is 0. The van der Waals surface area contributed by atoms with Gasteiger partial charge in [-0.3, -0.25) is 0 Å². The molecule has 2 aliphatic rings.